The molecule has 0 aliphatic heterocycles. The van der Waals surface area contributed by atoms with E-state index in [1.165, 1.54) is 6.92 Å². The Morgan fingerprint density at radius 1 is 0.839 bits per heavy atom. The Morgan fingerprint density at radius 2 is 1.48 bits per heavy atom. The lowest BCUT2D eigenvalue weighted by Crippen LogP contribution is -2.34. The lowest BCUT2D eigenvalue weighted by Gasteiger charge is -2.13. The highest BCUT2D eigenvalue weighted by Gasteiger charge is 2.14. The van der Waals surface area contributed by atoms with Gasteiger partial charge in [0.25, 0.3) is 5.91 Å². The second kappa shape index (κ2) is 10.9. The minimum Gasteiger partial charge on any atom is -0.490 e. The number of anilines is 1. The fraction of sp³-hybridized carbons (Fsp3) is 0.125. The summed E-state index contributed by atoms with van der Waals surface area (Å²) in [4.78, 5) is 24.0. The molecule has 0 spiro atoms. The van der Waals surface area contributed by atoms with Gasteiger partial charge < -0.3 is 14.8 Å². The molecule has 0 fully saturated rings. The SMILES string of the molecule is CC(=O)c1ccc(NC(=S)NC(=O)c2ccccc2OCCOc2ccccc2)cc1. The molecule has 158 valence electrons. The number of Topliss-reactive ketones (excluding diaryl/α,β-unsaturated/α-hetero) is 1. The van der Waals surface area contributed by atoms with Crippen molar-refractivity contribution >= 4 is 34.7 Å². The number of carbonyl (C=O) groups excluding carboxylic acids is 2. The average Bonchev–Trinajstić information content (AvgIpc) is 2.78. The molecular weight excluding hydrogens is 412 g/mol. The van der Waals surface area contributed by atoms with Gasteiger partial charge in [-0.25, -0.2) is 0 Å². The zero-order valence-corrected chi connectivity index (χ0v) is 17.8. The predicted octanol–water partition coefficient (Wildman–Crippen LogP) is 4.47. The Balaban J connectivity index is 1.53. The Bertz CT molecular complexity index is 1050. The zero-order valence-electron chi connectivity index (χ0n) is 17.0. The van der Waals surface area contributed by atoms with Crippen LogP contribution in [-0.4, -0.2) is 30.0 Å². The van der Waals surface area contributed by atoms with Crippen molar-refractivity contribution in [2.75, 3.05) is 18.5 Å². The van der Waals surface area contributed by atoms with Crippen molar-refractivity contribution in [3.8, 4) is 11.5 Å². The highest BCUT2D eigenvalue weighted by Crippen LogP contribution is 2.18. The second-order valence-corrected chi connectivity index (χ2v) is 6.96. The van der Waals surface area contributed by atoms with Gasteiger partial charge in [-0.2, -0.15) is 0 Å². The van der Waals surface area contributed by atoms with E-state index in [4.69, 9.17) is 21.7 Å². The van der Waals surface area contributed by atoms with E-state index >= 15 is 0 Å². The Morgan fingerprint density at radius 3 is 2.19 bits per heavy atom. The summed E-state index contributed by atoms with van der Waals surface area (Å²) in [7, 11) is 0. The molecule has 0 aromatic heterocycles. The van der Waals surface area contributed by atoms with Crippen LogP contribution in [-0.2, 0) is 0 Å². The fourth-order valence-corrected chi connectivity index (χ4v) is 2.94. The Kier molecular flexibility index (Phi) is 7.73. The summed E-state index contributed by atoms with van der Waals surface area (Å²) < 4.78 is 11.3. The fourth-order valence-electron chi connectivity index (χ4n) is 2.73. The molecule has 0 radical (unpaired) electrons. The quantitative estimate of drug-likeness (QED) is 0.309. The molecule has 6 nitrogen and oxygen atoms in total. The summed E-state index contributed by atoms with van der Waals surface area (Å²) in [6.45, 7) is 2.13. The van der Waals surface area contributed by atoms with E-state index in [1.807, 2.05) is 30.3 Å². The molecule has 0 saturated heterocycles. The van der Waals surface area contributed by atoms with Crippen LogP contribution in [0, 0.1) is 0 Å². The average molecular weight is 435 g/mol. The number of ketones is 1. The first-order chi connectivity index (χ1) is 15.0. The zero-order chi connectivity index (χ0) is 22.1. The molecule has 3 aromatic rings. The molecule has 0 atom stereocenters. The molecule has 0 aliphatic rings. The molecule has 2 N–H and O–H groups in total. The molecule has 0 heterocycles. The molecule has 3 aromatic carbocycles. The van der Waals surface area contributed by atoms with Crippen LogP contribution in [0.2, 0.25) is 0 Å². The van der Waals surface area contributed by atoms with Crippen LogP contribution in [0.4, 0.5) is 5.69 Å². The molecule has 1 amide bonds. The summed E-state index contributed by atoms with van der Waals surface area (Å²) in [6, 6.07) is 23.2. The molecule has 0 saturated carbocycles. The lowest BCUT2D eigenvalue weighted by molar-refractivity contribution is 0.0971. The molecule has 3 rings (SSSR count). The van der Waals surface area contributed by atoms with Crippen molar-refractivity contribution in [1.29, 1.82) is 0 Å². The van der Waals surface area contributed by atoms with E-state index in [-0.39, 0.29) is 17.5 Å². The molecule has 31 heavy (non-hydrogen) atoms. The minimum atomic E-state index is -0.391. The normalized spacial score (nSPS) is 10.1. The molecule has 0 bridgehead atoms. The van der Waals surface area contributed by atoms with E-state index < -0.39 is 5.91 Å². The lowest BCUT2D eigenvalue weighted by atomic mass is 10.1. The number of amides is 1. The number of hydrogen-bond acceptors (Lipinski definition) is 5. The minimum absolute atomic E-state index is 0.0202. The number of ether oxygens (including phenoxy) is 2. The van der Waals surface area contributed by atoms with Crippen LogP contribution in [0.15, 0.2) is 78.9 Å². The van der Waals surface area contributed by atoms with Crippen LogP contribution < -0.4 is 20.1 Å². The third-order valence-electron chi connectivity index (χ3n) is 4.26. The standard InChI is InChI=1S/C24H22N2O4S/c1-17(27)18-11-13-19(14-12-18)25-24(31)26-23(28)21-9-5-6-10-22(21)30-16-15-29-20-7-3-2-4-8-20/h2-14H,15-16H2,1H3,(H2,25,26,28,31). The van der Waals surface area contributed by atoms with Gasteiger partial charge >= 0.3 is 0 Å². The molecule has 0 aliphatic carbocycles. The van der Waals surface area contributed by atoms with Crippen LogP contribution in [0.3, 0.4) is 0 Å². The van der Waals surface area contributed by atoms with Gasteiger partial charge in [0.1, 0.15) is 24.7 Å². The maximum absolute atomic E-state index is 12.7. The maximum Gasteiger partial charge on any atom is 0.261 e. The van der Waals surface area contributed by atoms with E-state index in [2.05, 4.69) is 10.6 Å². The van der Waals surface area contributed by atoms with Gasteiger partial charge in [-0.1, -0.05) is 30.3 Å². The largest absolute Gasteiger partial charge is 0.490 e. The molecular formula is C24H22N2O4S. The number of carbonyl (C=O) groups is 2. The van der Waals surface area contributed by atoms with Crippen molar-refractivity contribution in [2.45, 2.75) is 6.92 Å². The van der Waals surface area contributed by atoms with Crippen molar-refractivity contribution in [3.05, 3.63) is 90.0 Å². The van der Waals surface area contributed by atoms with Gasteiger partial charge in [-0.15, -0.1) is 0 Å². The first-order valence-electron chi connectivity index (χ1n) is 9.66. The Hall–Kier alpha value is -3.71. The van der Waals surface area contributed by atoms with Gasteiger partial charge in [0, 0.05) is 11.3 Å². The summed E-state index contributed by atoms with van der Waals surface area (Å²) >= 11 is 5.23. The van der Waals surface area contributed by atoms with Crippen molar-refractivity contribution in [1.82, 2.24) is 5.32 Å². The summed E-state index contributed by atoms with van der Waals surface area (Å²) in [6.07, 6.45) is 0. The smallest absolute Gasteiger partial charge is 0.261 e. The van der Waals surface area contributed by atoms with Gasteiger partial charge in [-0.05, 0) is 67.7 Å². The second-order valence-electron chi connectivity index (χ2n) is 6.55. The number of thiocarbonyl (C=S) groups is 1. The van der Waals surface area contributed by atoms with Crippen LogP contribution in [0.5, 0.6) is 11.5 Å². The van der Waals surface area contributed by atoms with Crippen LogP contribution in [0.25, 0.3) is 0 Å². The molecule has 7 heteroatoms. The predicted molar refractivity (Wildman–Crippen MR) is 124 cm³/mol. The Labute approximate surface area is 186 Å². The summed E-state index contributed by atoms with van der Waals surface area (Å²) in [5.41, 5.74) is 1.62. The number of para-hydroxylation sites is 2. The van der Waals surface area contributed by atoms with Crippen molar-refractivity contribution < 1.29 is 19.1 Å². The number of nitrogens with one attached hydrogen (secondary N) is 2. The maximum atomic E-state index is 12.7. The van der Waals surface area contributed by atoms with Crippen LogP contribution >= 0.6 is 12.2 Å². The first-order valence-corrected chi connectivity index (χ1v) is 10.1. The van der Waals surface area contributed by atoms with E-state index in [9.17, 15) is 9.59 Å². The van der Waals surface area contributed by atoms with Gasteiger partial charge in [0.2, 0.25) is 0 Å². The van der Waals surface area contributed by atoms with Crippen molar-refractivity contribution in [3.63, 3.8) is 0 Å². The van der Waals surface area contributed by atoms with Crippen molar-refractivity contribution in [2.24, 2.45) is 0 Å². The van der Waals surface area contributed by atoms with Gasteiger partial charge in [-0.3, -0.25) is 14.9 Å². The monoisotopic (exact) mass is 434 g/mol. The highest BCUT2D eigenvalue weighted by atomic mass is 32.1. The van der Waals surface area contributed by atoms with E-state index in [1.54, 1.807) is 48.5 Å². The van der Waals surface area contributed by atoms with E-state index in [0.717, 1.165) is 5.75 Å². The molecule has 0 unspecified atom stereocenters. The summed E-state index contributed by atoms with van der Waals surface area (Å²) in [5, 5.41) is 5.71. The number of rotatable bonds is 8. The van der Waals surface area contributed by atoms with Gasteiger partial charge in [0.15, 0.2) is 10.9 Å². The van der Waals surface area contributed by atoms with Crippen LogP contribution in [0.1, 0.15) is 27.6 Å². The van der Waals surface area contributed by atoms with E-state index in [0.29, 0.717) is 29.2 Å². The third kappa shape index (κ3) is 6.65. The third-order valence-corrected chi connectivity index (χ3v) is 4.46. The van der Waals surface area contributed by atoms with Gasteiger partial charge in [0.05, 0.1) is 5.56 Å². The number of hydrogen-bond donors (Lipinski definition) is 2. The first kappa shape index (κ1) is 22.0. The summed E-state index contributed by atoms with van der Waals surface area (Å²) in [5.74, 6) is 0.779. The highest BCUT2D eigenvalue weighted by molar-refractivity contribution is 7.80. The topological polar surface area (TPSA) is 76.7 Å². The number of benzene rings is 3.